The third-order valence-electron chi connectivity index (χ3n) is 9.40. The normalized spacial score (nSPS) is 11.2. The van der Waals surface area contributed by atoms with Gasteiger partial charge in [0.05, 0.1) is 13.2 Å². The Balaban J connectivity index is 0. The van der Waals surface area contributed by atoms with Crippen molar-refractivity contribution in [2.45, 2.75) is 219 Å². The van der Waals surface area contributed by atoms with Crippen molar-refractivity contribution in [1.29, 1.82) is 0 Å². The second kappa shape index (κ2) is 44.8. The van der Waals surface area contributed by atoms with E-state index in [4.69, 9.17) is 9.84 Å². The van der Waals surface area contributed by atoms with Gasteiger partial charge in [0.25, 0.3) is 6.47 Å². The van der Waals surface area contributed by atoms with Crippen LogP contribution in [-0.4, -0.2) is 73.1 Å². The van der Waals surface area contributed by atoms with Gasteiger partial charge in [-0.1, -0.05) is 143 Å². The summed E-state index contributed by atoms with van der Waals surface area (Å²) >= 11 is 0. The van der Waals surface area contributed by atoms with Crippen LogP contribution in [0.15, 0.2) is 0 Å². The molecule has 294 valence electrons. The highest BCUT2D eigenvalue weighted by Gasteiger charge is 2.14. The number of ether oxygens (including phenoxy) is 2. The zero-order valence-corrected chi connectivity index (χ0v) is 33.1. The fraction of sp³-hybridized carbons (Fsp3) is 0.952. The predicted molar refractivity (Wildman–Crippen MR) is 208 cm³/mol. The van der Waals surface area contributed by atoms with Crippen molar-refractivity contribution >= 4 is 12.4 Å². The molecule has 7 heteroatoms. The van der Waals surface area contributed by atoms with E-state index in [0.717, 1.165) is 83.8 Å². The summed E-state index contributed by atoms with van der Waals surface area (Å²) < 4.78 is 10.5. The summed E-state index contributed by atoms with van der Waals surface area (Å²) in [4.78, 5) is 24.6. The summed E-state index contributed by atoms with van der Waals surface area (Å²) in [5.41, 5.74) is 0. The molecule has 0 aliphatic rings. The minimum atomic E-state index is 0.0129. The molecule has 7 nitrogen and oxygen atoms in total. The maximum Gasteiger partial charge on any atom is 0.306 e. The monoisotopic (exact) mass is 700 g/mol. The van der Waals surface area contributed by atoms with E-state index >= 15 is 0 Å². The van der Waals surface area contributed by atoms with Gasteiger partial charge in [0, 0.05) is 19.6 Å². The van der Waals surface area contributed by atoms with Crippen LogP contribution in [0.1, 0.15) is 213 Å². The van der Waals surface area contributed by atoms with Gasteiger partial charge < -0.3 is 24.6 Å². The van der Waals surface area contributed by atoms with Crippen LogP contribution in [0, 0.1) is 0 Å². The molecule has 0 heterocycles. The van der Waals surface area contributed by atoms with Gasteiger partial charge in [-0.25, -0.2) is 0 Å². The quantitative estimate of drug-likeness (QED) is 0.0374. The van der Waals surface area contributed by atoms with Gasteiger partial charge in [-0.05, 0) is 77.3 Å². The number of nitrogens with zero attached hydrogens (tertiary/aromatic N) is 1. The Morgan fingerprint density at radius 2 is 0.959 bits per heavy atom. The Kier molecular flexibility index (Phi) is 45.7. The molecule has 0 unspecified atom stereocenters. The molecule has 0 amide bonds. The molecule has 0 saturated carbocycles. The number of carbonyl (C=O) groups is 2. The van der Waals surface area contributed by atoms with Crippen LogP contribution in [0.2, 0.25) is 0 Å². The summed E-state index contributed by atoms with van der Waals surface area (Å²) in [7, 11) is 0. The highest BCUT2D eigenvalue weighted by atomic mass is 16.5. The molecule has 0 spiro atoms. The summed E-state index contributed by atoms with van der Waals surface area (Å²) in [6.45, 7) is 11.1. The summed E-state index contributed by atoms with van der Waals surface area (Å²) in [5.74, 6) is 0.0129. The van der Waals surface area contributed by atoms with Gasteiger partial charge in [0.15, 0.2) is 0 Å². The smallest absolute Gasteiger partial charge is 0.306 e. The molecular formula is C42H85NO6. The van der Waals surface area contributed by atoms with Crippen molar-refractivity contribution in [3.63, 3.8) is 0 Å². The van der Waals surface area contributed by atoms with Gasteiger partial charge in [-0.15, -0.1) is 0 Å². The van der Waals surface area contributed by atoms with Crippen molar-refractivity contribution < 1.29 is 29.3 Å². The number of hydrogen-bond acceptors (Lipinski definition) is 7. The lowest BCUT2D eigenvalue weighted by Gasteiger charge is -2.21. The average molecular weight is 700 g/mol. The largest absolute Gasteiger partial charge is 0.468 e. The first-order valence-electron chi connectivity index (χ1n) is 21.3. The summed E-state index contributed by atoms with van der Waals surface area (Å²) in [5, 5.41) is 18.2. The molecule has 0 radical (unpaired) electrons. The molecule has 49 heavy (non-hydrogen) atoms. The lowest BCUT2D eigenvalue weighted by Crippen LogP contribution is -2.29. The van der Waals surface area contributed by atoms with Crippen molar-refractivity contribution in [2.75, 3.05) is 39.5 Å². The maximum atomic E-state index is 12.5. The molecule has 0 rings (SSSR count). The van der Waals surface area contributed by atoms with Gasteiger partial charge >= 0.3 is 5.97 Å². The van der Waals surface area contributed by atoms with Gasteiger partial charge in [0.1, 0.15) is 6.10 Å². The lowest BCUT2D eigenvalue weighted by molar-refractivity contribution is -0.150. The molecule has 0 saturated heterocycles. The number of carbonyl (C=O) groups excluding carboxylic acids is 2. The van der Waals surface area contributed by atoms with Crippen LogP contribution in [0.4, 0.5) is 0 Å². The molecule has 0 aliphatic heterocycles. The number of unbranched alkanes of at least 4 members (excludes halogenated alkanes) is 22. The highest BCUT2D eigenvalue weighted by Crippen LogP contribution is 2.18. The fourth-order valence-corrected chi connectivity index (χ4v) is 6.24. The average Bonchev–Trinajstić information content (AvgIpc) is 3.10. The van der Waals surface area contributed by atoms with Crippen molar-refractivity contribution in [3.05, 3.63) is 0 Å². The molecule has 0 aromatic heterocycles. The minimum Gasteiger partial charge on any atom is -0.468 e. The van der Waals surface area contributed by atoms with Crippen LogP contribution in [0.25, 0.3) is 0 Å². The summed E-state index contributed by atoms with van der Waals surface area (Å²) in [6, 6.07) is 0. The van der Waals surface area contributed by atoms with E-state index in [2.05, 4.69) is 30.4 Å². The van der Waals surface area contributed by atoms with Crippen LogP contribution in [-0.2, 0) is 19.1 Å². The zero-order valence-electron chi connectivity index (χ0n) is 33.1. The standard InChI is InChI=1S/C32H65NO4.C10H20O2/c1-3-5-7-9-12-17-23-31(24-18-13-10-8-6-4-2)37-32(36)25-19-14-11-15-20-26-33(28-30-35)27-21-16-22-29-34;1-2-3-4-5-6-7-8-9-12-10-11/h31,34-35H,3-30H2,1-2H3;10H,2-9H2,1H3. The first-order chi connectivity index (χ1) is 24.1. The Morgan fingerprint density at radius 1 is 0.531 bits per heavy atom. The van der Waals surface area contributed by atoms with Gasteiger partial charge in [0.2, 0.25) is 0 Å². The van der Waals surface area contributed by atoms with E-state index in [1.54, 1.807) is 0 Å². The van der Waals surface area contributed by atoms with E-state index in [1.165, 1.54) is 122 Å². The van der Waals surface area contributed by atoms with E-state index < -0.39 is 0 Å². The maximum absolute atomic E-state index is 12.5. The number of hydrogen-bond donors (Lipinski definition) is 2. The Hall–Kier alpha value is -1.18. The molecule has 2 N–H and O–H groups in total. The molecule has 0 aromatic carbocycles. The van der Waals surface area contributed by atoms with Crippen molar-refractivity contribution in [2.24, 2.45) is 0 Å². The number of esters is 1. The third-order valence-corrected chi connectivity index (χ3v) is 9.40. The SMILES string of the molecule is CCCCCCCCC(CCCCCCCC)OC(=O)CCCCCCCN(CCO)CCCCCO.CCCCCCCCCOC=O. The minimum absolute atomic E-state index is 0.0129. The second-order valence-electron chi connectivity index (χ2n) is 14.2. The molecule has 0 bridgehead atoms. The number of aliphatic hydroxyl groups excluding tert-OH is 2. The highest BCUT2D eigenvalue weighted by molar-refractivity contribution is 5.69. The van der Waals surface area contributed by atoms with Crippen LogP contribution in [0.3, 0.4) is 0 Å². The van der Waals surface area contributed by atoms with Gasteiger partial charge in [-0.3, -0.25) is 9.59 Å². The van der Waals surface area contributed by atoms with Gasteiger partial charge in [-0.2, -0.15) is 0 Å². The molecule has 0 aliphatic carbocycles. The van der Waals surface area contributed by atoms with E-state index in [0.29, 0.717) is 19.5 Å². The first-order valence-corrected chi connectivity index (χ1v) is 21.3. The molecule has 0 fully saturated rings. The molecule has 0 aromatic rings. The van der Waals surface area contributed by atoms with Crippen LogP contribution >= 0.6 is 0 Å². The van der Waals surface area contributed by atoms with Crippen LogP contribution < -0.4 is 0 Å². The Morgan fingerprint density at radius 3 is 1.43 bits per heavy atom. The third kappa shape index (κ3) is 42.9. The number of aliphatic hydroxyl groups is 2. The zero-order chi connectivity index (χ0) is 36.3. The number of rotatable bonds is 39. The van der Waals surface area contributed by atoms with E-state index in [1.807, 2.05) is 0 Å². The second-order valence-corrected chi connectivity index (χ2v) is 14.2. The molecular weight excluding hydrogens is 614 g/mol. The van der Waals surface area contributed by atoms with E-state index in [-0.39, 0.29) is 25.3 Å². The Labute approximate surface area is 305 Å². The fourth-order valence-electron chi connectivity index (χ4n) is 6.24. The first kappa shape index (κ1) is 49.9. The molecule has 0 atom stereocenters. The van der Waals surface area contributed by atoms with Crippen LogP contribution in [0.5, 0.6) is 0 Å². The van der Waals surface area contributed by atoms with Crippen molar-refractivity contribution in [3.8, 4) is 0 Å². The van der Waals surface area contributed by atoms with E-state index in [9.17, 15) is 14.7 Å². The Bertz CT molecular complexity index is 618. The summed E-state index contributed by atoms with van der Waals surface area (Å²) in [6.07, 6.45) is 35.5. The topological polar surface area (TPSA) is 96.3 Å². The lowest BCUT2D eigenvalue weighted by atomic mass is 10.0. The predicted octanol–water partition coefficient (Wildman–Crippen LogP) is 11.1. The van der Waals surface area contributed by atoms with Crippen molar-refractivity contribution in [1.82, 2.24) is 4.90 Å².